The lowest BCUT2D eigenvalue weighted by Gasteiger charge is -2.25. The number of benzene rings is 1. The molecule has 1 aromatic carbocycles. The second-order valence-corrected chi connectivity index (χ2v) is 8.42. The van der Waals surface area contributed by atoms with Crippen molar-refractivity contribution in [3.8, 4) is 0 Å². The largest absolute Gasteiger partial charge is 0.673 e. The third-order valence-electron chi connectivity index (χ3n) is 3.98. The Morgan fingerprint density at radius 1 is 1.27 bits per heavy atom. The first-order valence-electron chi connectivity index (χ1n) is 8.25. The highest BCUT2D eigenvalue weighted by Gasteiger charge is 2.42. The molecule has 0 aliphatic carbocycles. The van der Waals surface area contributed by atoms with E-state index >= 15 is 0 Å². The van der Waals surface area contributed by atoms with Gasteiger partial charge >= 0.3 is 7.25 Å². The molecule has 1 unspecified atom stereocenters. The molecule has 1 amide bonds. The second kappa shape index (κ2) is 9.61. The monoisotopic (exact) mass is 395 g/mol. The molecule has 0 aromatic heterocycles. The summed E-state index contributed by atoms with van der Waals surface area (Å²) in [6.45, 7) is 1.74. The Morgan fingerprint density at radius 2 is 1.92 bits per heavy atom. The van der Waals surface area contributed by atoms with Gasteiger partial charge in [0.1, 0.15) is 12.0 Å². The predicted molar refractivity (Wildman–Crippen MR) is 94.3 cm³/mol. The molecule has 2 fully saturated rings. The maximum atomic E-state index is 12.3. The molecular weight excluding hydrogens is 373 g/mol. The van der Waals surface area contributed by atoms with Crippen LogP contribution in [0.4, 0.5) is 17.3 Å². The average molecular weight is 395 g/mol. The van der Waals surface area contributed by atoms with E-state index in [1.165, 1.54) is 0 Å². The van der Waals surface area contributed by atoms with Crippen molar-refractivity contribution in [2.75, 3.05) is 31.0 Å². The highest BCUT2D eigenvalue weighted by Crippen LogP contribution is 2.24. The zero-order valence-electron chi connectivity index (χ0n) is 14.5. The van der Waals surface area contributed by atoms with Gasteiger partial charge in [0, 0.05) is 6.42 Å². The first-order chi connectivity index (χ1) is 12.2. The minimum atomic E-state index is -6.00. The fraction of sp³-hybridized carbons (Fsp3) is 0.562. The van der Waals surface area contributed by atoms with Crippen molar-refractivity contribution >= 4 is 24.1 Å². The standard InChI is InChI=1S/C16H22NO3S.BF4/c1-21-8-7-16-17(15(18)12-21)14(11-20-16)10-19-9-13-5-3-2-4-6-13;2-1(3,4)5/h2-6,14,16H,7-12H2,1H3;/q+1;-1/t14-,16-,21?;/m0./s1. The van der Waals surface area contributed by atoms with Crippen LogP contribution in [-0.2, 0) is 31.8 Å². The summed E-state index contributed by atoms with van der Waals surface area (Å²) in [6.07, 6.45) is 3.10. The number of nitrogens with zero attached hydrogens (tertiary/aromatic N) is 1. The molecule has 2 aliphatic rings. The van der Waals surface area contributed by atoms with Crippen molar-refractivity contribution in [3.05, 3.63) is 35.9 Å². The molecule has 10 heteroatoms. The topological polar surface area (TPSA) is 38.8 Å². The van der Waals surface area contributed by atoms with Gasteiger partial charge in [-0.3, -0.25) is 4.79 Å². The molecule has 2 saturated heterocycles. The number of halogens is 4. The number of fused-ring (bicyclic) bond motifs is 1. The Labute approximate surface area is 153 Å². The second-order valence-electron chi connectivity index (χ2n) is 6.16. The Hall–Kier alpha value is -1.26. The molecule has 0 N–H and O–H groups in total. The van der Waals surface area contributed by atoms with Crippen LogP contribution in [0.3, 0.4) is 0 Å². The van der Waals surface area contributed by atoms with Crippen LogP contribution in [0.5, 0.6) is 0 Å². The van der Waals surface area contributed by atoms with Crippen molar-refractivity contribution in [1.82, 2.24) is 4.90 Å². The van der Waals surface area contributed by atoms with E-state index in [1.807, 2.05) is 35.2 Å². The average Bonchev–Trinajstić information content (AvgIpc) is 2.89. The van der Waals surface area contributed by atoms with Gasteiger partial charge in [0.2, 0.25) is 0 Å². The van der Waals surface area contributed by atoms with Gasteiger partial charge in [-0.1, -0.05) is 30.3 Å². The molecule has 0 saturated carbocycles. The number of carbonyl (C=O) groups is 1. The zero-order valence-corrected chi connectivity index (χ0v) is 15.3. The fourth-order valence-corrected chi connectivity index (χ4v) is 4.20. The van der Waals surface area contributed by atoms with Crippen molar-refractivity contribution in [1.29, 1.82) is 0 Å². The quantitative estimate of drug-likeness (QED) is 0.447. The van der Waals surface area contributed by atoms with Gasteiger partial charge < -0.3 is 31.6 Å². The maximum Gasteiger partial charge on any atom is 0.673 e. The first-order valence-corrected chi connectivity index (χ1v) is 10.2. The fourth-order valence-electron chi connectivity index (χ4n) is 2.88. The zero-order chi connectivity index (χ0) is 19.2. The van der Waals surface area contributed by atoms with Gasteiger partial charge in [-0.15, -0.1) is 0 Å². The number of rotatable bonds is 4. The summed E-state index contributed by atoms with van der Waals surface area (Å²) in [5.41, 5.74) is 1.16. The molecule has 3 rings (SSSR count). The van der Waals surface area contributed by atoms with Crippen LogP contribution in [0, 0.1) is 0 Å². The van der Waals surface area contributed by atoms with E-state index in [0.29, 0.717) is 25.6 Å². The van der Waals surface area contributed by atoms with Crippen molar-refractivity contribution in [2.24, 2.45) is 0 Å². The molecule has 0 radical (unpaired) electrons. The lowest BCUT2D eigenvalue weighted by atomic mass is 10.2. The summed E-state index contributed by atoms with van der Waals surface area (Å²) in [6, 6.07) is 10.2. The summed E-state index contributed by atoms with van der Waals surface area (Å²) >= 11 is 0. The van der Waals surface area contributed by atoms with E-state index in [-0.39, 0.29) is 29.1 Å². The smallest absolute Gasteiger partial charge is 0.418 e. The molecule has 0 bridgehead atoms. The summed E-state index contributed by atoms with van der Waals surface area (Å²) in [7, 11) is -5.81. The highest BCUT2D eigenvalue weighted by atomic mass is 32.2. The molecule has 26 heavy (non-hydrogen) atoms. The van der Waals surface area contributed by atoms with Crippen molar-refractivity contribution in [2.45, 2.75) is 25.3 Å². The van der Waals surface area contributed by atoms with E-state index < -0.39 is 7.25 Å². The van der Waals surface area contributed by atoms with Crippen LogP contribution in [-0.4, -0.2) is 61.3 Å². The van der Waals surface area contributed by atoms with Gasteiger partial charge in [0.15, 0.2) is 5.75 Å². The molecule has 0 spiro atoms. The van der Waals surface area contributed by atoms with Crippen molar-refractivity contribution < 1.29 is 31.5 Å². The van der Waals surface area contributed by atoms with Gasteiger partial charge in [-0.05, 0) is 16.5 Å². The van der Waals surface area contributed by atoms with Gasteiger partial charge in [0.05, 0.1) is 32.1 Å². The molecular formula is C16H22BF4NO3S. The van der Waals surface area contributed by atoms with Crippen LogP contribution in [0.2, 0.25) is 0 Å². The van der Waals surface area contributed by atoms with Crippen molar-refractivity contribution in [3.63, 3.8) is 0 Å². The molecule has 146 valence electrons. The Kier molecular flexibility index (Phi) is 7.78. The first kappa shape index (κ1) is 21.0. The summed E-state index contributed by atoms with van der Waals surface area (Å²) in [5, 5.41) is 0. The third-order valence-corrected chi connectivity index (χ3v) is 5.65. The van der Waals surface area contributed by atoms with Crippen LogP contribution >= 0.6 is 0 Å². The number of hydrogen-bond acceptors (Lipinski definition) is 3. The van der Waals surface area contributed by atoms with Gasteiger partial charge in [0.25, 0.3) is 5.91 Å². The molecule has 2 aliphatic heterocycles. The number of amides is 1. The van der Waals surface area contributed by atoms with E-state index in [9.17, 15) is 22.1 Å². The minimum absolute atomic E-state index is 0.0275. The molecule has 1 aromatic rings. The Morgan fingerprint density at radius 3 is 2.58 bits per heavy atom. The third kappa shape index (κ3) is 7.16. The number of hydrogen-bond donors (Lipinski definition) is 0. The minimum Gasteiger partial charge on any atom is -0.418 e. The maximum absolute atomic E-state index is 12.3. The van der Waals surface area contributed by atoms with Crippen LogP contribution in [0.1, 0.15) is 12.0 Å². The molecule has 2 heterocycles. The van der Waals surface area contributed by atoms with E-state index in [4.69, 9.17) is 9.47 Å². The predicted octanol–water partition coefficient (Wildman–Crippen LogP) is 2.71. The SMILES string of the molecule is C[S+]1CC[C@@H]2OC[C@H](COCc3ccccc3)N2C(=O)C1.F[B-](F)(F)F. The Balaban J connectivity index is 0.000000431. The lowest BCUT2D eigenvalue weighted by molar-refractivity contribution is -0.135. The number of ether oxygens (including phenoxy) is 2. The van der Waals surface area contributed by atoms with E-state index in [0.717, 1.165) is 17.7 Å². The van der Waals surface area contributed by atoms with E-state index in [1.54, 1.807) is 0 Å². The van der Waals surface area contributed by atoms with Crippen LogP contribution in [0.25, 0.3) is 0 Å². The summed E-state index contributed by atoms with van der Waals surface area (Å²) < 4.78 is 50.6. The summed E-state index contributed by atoms with van der Waals surface area (Å²) in [4.78, 5) is 14.3. The van der Waals surface area contributed by atoms with Gasteiger partial charge in [-0.2, -0.15) is 0 Å². The number of carbonyl (C=O) groups excluding carboxylic acids is 1. The highest BCUT2D eigenvalue weighted by molar-refractivity contribution is 7.96. The van der Waals surface area contributed by atoms with Crippen LogP contribution in [0.15, 0.2) is 30.3 Å². The van der Waals surface area contributed by atoms with Crippen LogP contribution < -0.4 is 0 Å². The Bertz CT molecular complexity index is 572. The lowest BCUT2D eigenvalue weighted by Crippen LogP contribution is -2.44. The summed E-state index contributed by atoms with van der Waals surface area (Å²) in [5.74, 6) is 1.98. The van der Waals surface area contributed by atoms with Gasteiger partial charge in [-0.25, -0.2) is 0 Å². The molecule has 3 atom stereocenters. The normalized spacial score (nSPS) is 26.0. The van der Waals surface area contributed by atoms with E-state index in [2.05, 4.69) is 6.26 Å². The molecule has 4 nitrogen and oxygen atoms in total.